The first-order chi connectivity index (χ1) is 11.5. The molecule has 1 fully saturated rings. The highest BCUT2D eigenvalue weighted by Gasteiger charge is 2.35. The van der Waals surface area contributed by atoms with Crippen LogP contribution in [0.3, 0.4) is 0 Å². The molecule has 0 unspecified atom stereocenters. The van der Waals surface area contributed by atoms with Crippen LogP contribution < -0.4 is 10.2 Å². The average molecular weight is 366 g/mol. The van der Waals surface area contributed by atoms with Crippen LogP contribution in [0.25, 0.3) is 0 Å². The Morgan fingerprint density at radius 1 is 1.42 bits per heavy atom. The van der Waals surface area contributed by atoms with E-state index in [-0.39, 0.29) is 11.9 Å². The third kappa shape index (κ3) is 4.03. The quantitative estimate of drug-likeness (QED) is 0.878. The summed E-state index contributed by atoms with van der Waals surface area (Å²) < 4.78 is 0.624. The summed E-state index contributed by atoms with van der Waals surface area (Å²) in [6, 6.07) is 5.48. The van der Waals surface area contributed by atoms with Crippen LogP contribution in [-0.4, -0.2) is 60.5 Å². The molecule has 3 rings (SSSR count). The molecule has 1 aliphatic rings. The van der Waals surface area contributed by atoms with Gasteiger partial charge in [-0.15, -0.1) is 11.3 Å². The Balaban J connectivity index is 1.72. The second-order valence-electron chi connectivity index (χ2n) is 6.18. The van der Waals surface area contributed by atoms with E-state index in [0.29, 0.717) is 15.1 Å². The van der Waals surface area contributed by atoms with Gasteiger partial charge in [0.05, 0.1) is 15.3 Å². The number of aromatic nitrogens is 2. The number of nitrogens with zero attached hydrogens (tertiary/aromatic N) is 4. The number of halogens is 1. The molecular weight excluding hydrogens is 346 g/mol. The van der Waals surface area contributed by atoms with Crippen LogP contribution in [0.1, 0.15) is 9.67 Å². The molecule has 2 aromatic heterocycles. The number of amides is 1. The number of carbonyl (C=O) groups excluding carboxylic acids is 1. The van der Waals surface area contributed by atoms with Crippen molar-refractivity contribution in [2.24, 2.45) is 5.92 Å². The number of thiophene rings is 1. The number of hydrogen-bond donors (Lipinski definition) is 1. The Hall–Kier alpha value is -1.70. The van der Waals surface area contributed by atoms with E-state index in [4.69, 9.17) is 11.6 Å². The molecule has 0 radical (unpaired) electrons. The van der Waals surface area contributed by atoms with Gasteiger partial charge in [-0.1, -0.05) is 11.6 Å². The van der Waals surface area contributed by atoms with Crippen molar-refractivity contribution in [3.8, 4) is 0 Å². The van der Waals surface area contributed by atoms with Crippen LogP contribution >= 0.6 is 22.9 Å². The van der Waals surface area contributed by atoms with Crippen molar-refractivity contribution in [1.29, 1.82) is 0 Å². The van der Waals surface area contributed by atoms with Gasteiger partial charge in [0.25, 0.3) is 5.91 Å². The van der Waals surface area contributed by atoms with Crippen molar-refractivity contribution in [3.63, 3.8) is 0 Å². The maximum Gasteiger partial charge on any atom is 0.261 e. The molecular formula is C16H20ClN5OS. The Kier molecular flexibility index (Phi) is 5.33. The number of anilines is 1. The SMILES string of the molecule is CN(C)C[C@@H]1CN(c2ccncn2)C[C@H]1NC(=O)c1ccc(Cl)s1. The van der Waals surface area contributed by atoms with Crippen molar-refractivity contribution < 1.29 is 4.79 Å². The fourth-order valence-electron chi connectivity index (χ4n) is 3.02. The Morgan fingerprint density at radius 3 is 2.88 bits per heavy atom. The van der Waals surface area contributed by atoms with Crippen LogP contribution in [0.15, 0.2) is 30.7 Å². The van der Waals surface area contributed by atoms with E-state index >= 15 is 0 Å². The minimum atomic E-state index is -0.0646. The molecule has 0 bridgehead atoms. The predicted molar refractivity (Wildman–Crippen MR) is 96.9 cm³/mol. The van der Waals surface area contributed by atoms with Crippen LogP contribution in [-0.2, 0) is 0 Å². The van der Waals surface area contributed by atoms with Crippen LogP contribution in [0.5, 0.6) is 0 Å². The summed E-state index contributed by atoms with van der Waals surface area (Å²) in [6.45, 7) is 2.49. The van der Waals surface area contributed by atoms with Gasteiger partial charge < -0.3 is 15.1 Å². The largest absolute Gasteiger partial charge is 0.354 e. The molecule has 1 aliphatic heterocycles. The molecule has 6 nitrogen and oxygen atoms in total. The van der Waals surface area contributed by atoms with Crippen molar-refractivity contribution in [1.82, 2.24) is 20.2 Å². The molecule has 2 atom stereocenters. The normalized spacial score (nSPS) is 20.6. The van der Waals surface area contributed by atoms with Gasteiger partial charge in [-0.3, -0.25) is 4.79 Å². The summed E-state index contributed by atoms with van der Waals surface area (Å²) in [5, 5.41) is 3.16. The van der Waals surface area contributed by atoms with E-state index in [9.17, 15) is 4.79 Å². The van der Waals surface area contributed by atoms with E-state index in [1.54, 1.807) is 24.7 Å². The van der Waals surface area contributed by atoms with Crippen LogP contribution in [0, 0.1) is 5.92 Å². The molecule has 24 heavy (non-hydrogen) atoms. The lowest BCUT2D eigenvalue weighted by atomic mass is 10.0. The average Bonchev–Trinajstić information content (AvgIpc) is 3.15. The van der Waals surface area contributed by atoms with E-state index in [1.807, 2.05) is 20.2 Å². The highest BCUT2D eigenvalue weighted by atomic mass is 35.5. The molecule has 0 spiro atoms. The highest BCUT2D eigenvalue weighted by molar-refractivity contribution is 7.18. The summed E-state index contributed by atoms with van der Waals surface area (Å²) in [7, 11) is 4.09. The molecule has 0 aromatic carbocycles. The number of rotatable bonds is 5. The highest BCUT2D eigenvalue weighted by Crippen LogP contribution is 2.25. The van der Waals surface area contributed by atoms with Crippen molar-refractivity contribution >= 4 is 34.7 Å². The Bertz CT molecular complexity index is 693. The molecule has 1 saturated heterocycles. The zero-order valence-electron chi connectivity index (χ0n) is 13.6. The summed E-state index contributed by atoms with van der Waals surface area (Å²) in [4.78, 5) is 25.7. The molecule has 2 aromatic rings. The van der Waals surface area contributed by atoms with E-state index < -0.39 is 0 Å². The second kappa shape index (κ2) is 7.46. The number of hydrogen-bond acceptors (Lipinski definition) is 6. The molecule has 1 amide bonds. The van der Waals surface area contributed by atoms with Gasteiger partial charge in [0.2, 0.25) is 0 Å². The smallest absolute Gasteiger partial charge is 0.261 e. The standard InChI is InChI=1S/C16H20ClN5OS/c1-21(2)7-11-8-22(15-5-6-18-10-19-15)9-12(11)20-16(23)13-3-4-14(17)24-13/h3-6,10-12H,7-9H2,1-2H3,(H,20,23)/t11-,12-/m1/s1. The maximum atomic E-state index is 12.5. The fraction of sp³-hybridized carbons (Fsp3) is 0.438. The van der Waals surface area contributed by atoms with Gasteiger partial charge in [-0.05, 0) is 32.3 Å². The molecule has 8 heteroatoms. The fourth-order valence-corrected chi connectivity index (χ4v) is 3.97. The number of nitrogens with one attached hydrogen (secondary N) is 1. The van der Waals surface area contributed by atoms with Crippen LogP contribution in [0.2, 0.25) is 4.34 Å². The molecule has 1 N–H and O–H groups in total. The zero-order chi connectivity index (χ0) is 17.1. The summed E-state index contributed by atoms with van der Waals surface area (Å²) in [5.41, 5.74) is 0. The zero-order valence-corrected chi connectivity index (χ0v) is 15.2. The van der Waals surface area contributed by atoms with Gasteiger partial charge in [-0.2, -0.15) is 0 Å². The predicted octanol–water partition coefficient (Wildman–Crippen LogP) is 1.99. The van der Waals surface area contributed by atoms with Crippen molar-refractivity contribution in [2.75, 3.05) is 38.6 Å². The van der Waals surface area contributed by atoms with Gasteiger partial charge in [0.15, 0.2) is 0 Å². The monoisotopic (exact) mass is 365 g/mol. The summed E-state index contributed by atoms with van der Waals surface area (Å²) in [6.07, 6.45) is 3.29. The lowest BCUT2D eigenvalue weighted by molar-refractivity contribution is 0.0932. The van der Waals surface area contributed by atoms with Crippen molar-refractivity contribution in [3.05, 3.63) is 39.9 Å². The topological polar surface area (TPSA) is 61.4 Å². The Morgan fingerprint density at radius 2 is 2.25 bits per heavy atom. The number of carbonyl (C=O) groups is 1. The van der Waals surface area contributed by atoms with E-state index in [2.05, 4.69) is 25.1 Å². The minimum Gasteiger partial charge on any atom is -0.354 e. The minimum absolute atomic E-state index is 0.0646. The van der Waals surface area contributed by atoms with Gasteiger partial charge in [-0.25, -0.2) is 9.97 Å². The Labute approximate surface area is 150 Å². The van der Waals surface area contributed by atoms with Gasteiger partial charge >= 0.3 is 0 Å². The molecule has 0 saturated carbocycles. The van der Waals surface area contributed by atoms with Crippen LogP contribution in [0.4, 0.5) is 5.82 Å². The van der Waals surface area contributed by atoms with Crippen molar-refractivity contribution in [2.45, 2.75) is 6.04 Å². The van der Waals surface area contributed by atoms with Gasteiger partial charge in [0, 0.05) is 31.7 Å². The molecule has 3 heterocycles. The summed E-state index contributed by atoms with van der Waals surface area (Å²) >= 11 is 7.23. The third-order valence-corrected chi connectivity index (χ3v) is 5.27. The lowest BCUT2D eigenvalue weighted by Gasteiger charge is -2.22. The maximum absolute atomic E-state index is 12.5. The first-order valence-electron chi connectivity index (χ1n) is 7.75. The van der Waals surface area contributed by atoms with Gasteiger partial charge in [0.1, 0.15) is 12.1 Å². The molecule has 0 aliphatic carbocycles. The lowest BCUT2D eigenvalue weighted by Crippen LogP contribution is -2.43. The molecule has 128 valence electrons. The first kappa shape index (κ1) is 17.1. The second-order valence-corrected chi connectivity index (χ2v) is 7.89. The van der Waals surface area contributed by atoms with E-state index in [0.717, 1.165) is 25.5 Å². The first-order valence-corrected chi connectivity index (χ1v) is 8.94. The summed E-state index contributed by atoms with van der Waals surface area (Å²) in [5.74, 6) is 1.16. The van der Waals surface area contributed by atoms with E-state index in [1.165, 1.54) is 11.3 Å². The third-order valence-electron chi connectivity index (χ3n) is 4.04.